The van der Waals surface area contributed by atoms with E-state index >= 15 is 0 Å². The Morgan fingerprint density at radius 2 is 2.03 bits per heavy atom. The van der Waals surface area contributed by atoms with Gasteiger partial charge < -0.3 is 15.2 Å². The second kappa shape index (κ2) is 9.23. The minimum absolute atomic E-state index is 0. The van der Waals surface area contributed by atoms with Crippen molar-refractivity contribution in [2.24, 2.45) is 13.0 Å². The molecule has 1 amide bonds. The fourth-order valence-corrected chi connectivity index (χ4v) is 3.70. The quantitative estimate of drug-likeness (QED) is 0.648. The van der Waals surface area contributed by atoms with Crippen molar-refractivity contribution in [3.63, 3.8) is 0 Å². The van der Waals surface area contributed by atoms with E-state index < -0.39 is 0 Å². The third-order valence-corrected chi connectivity index (χ3v) is 5.25. The Labute approximate surface area is 179 Å². The molecule has 2 aromatic heterocycles. The van der Waals surface area contributed by atoms with E-state index in [1.807, 2.05) is 13.2 Å². The van der Waals surface area contributed by atoms with Crippen LogP contribution in [0.15, 0.2) is 59.8 Å². The van der Waals surface area contributed by atoms with Gasteiger partial charge in [-0.2, -0.15) is 5.10 Å². The molecular formula is C21H23ClFN5O2. The minimum Gasteiger partial charge on any atom is -0.321 e. The van der Waals surface area contributed by atoms with Crippen LogP contribution >= 0.6 is 12.4 Å². The zero-order valence-electron chi connectivity index (χ0n) is 16.4. The molecule has 7 nitrogen and oxygen atoms in total. The highest BCUT2D eigenvalue weighted by atomic mass is 35.5. The highest BCUT2D eigenvalue weighted by Gasteiger charge is 2.35. The number of aromatic nitrogens is 3. The van der Waals surface area contributed by atoms with E-state index in [1.165, 1.54) is 16.7 Å². The number of carbonyl (C=O) groups excluding carboxylic acids is 1. The molecule has 1 aliphatic heterocycles. The molecule has 1 fully saturated rings. The highest BCUT2D eigenvalue weighted by Crippen LogP contribution is 2.28. The Morgan fingerprint density at radius 1 is 1.27 bits per heavy atom. The summed E-state index contributed by atoms with van der Waals surface area (Å²) in [6.45, 7) is 1.53. The van der Waals surface area contributed by atoms with E-state index in [-0.39, 0.29) is 47.2 Å². The molecule has 158 valence electrons. The summed E-state index contributed by atoms with van der Waals surface area (Å²) in [4.78, 5) is 25.7. The lowest BCUT2D eigenvalue weighted by Crippen LogP contribution is -2.32. The third kappa shape index (κ3) is 4.60. The van der Waals surface area contributed by atoms with Crippen LogP contribution in [0.4, 0.5) is 10.1 Å². The van der Waals surface area contributed by atoms with Crippen LogP contribution in [0.2, 0.25) is 0 Å². The van der Waals surface area contributed by atoms with Gasteiger partial charge in [0.15, 0.2) is 0 Å². The second-order valence-electron chi connectivity index (χ2n) is 7.29. The molecule has 1 saturated heterocycles. The first kappa shape index (κ1) is 21.7. The molecule has 0 spiro atoms. The molecule has 3 aromatic rings. The van der Waals surface area contributed by atoms with Gasteiger partial charge in [-0.25, -0.2) is 4.39 Å². The summed E-state index contributed by atoms with van der Waals surface area (Å²) < 4.78 is 16.3. The van der Waals surface area contributed by atoms with Crippen molar-refractivity contribution >= 4 is 24.0 Å². The Bertz CT molecular complexity index is 1080. The highest BCUT2D eigenvalue weighted by molar-refractivity contribution is 5.93. The molecule has 2 N–H and O–H groups in total. The number of rotatable bonds is 5. The molecule has 1 aromatic carbocycles. The minimum atomic E-state index is -0.324. The molecular weight excluding hydrogens is 409 g/mol. The van der Waals surface area contributed by atoms with E-state index in [0.717, 1.165) is 11.1 Å². The van der Waals surface area contributed by atoms with E-state index in [9.17, 15) is 14.0 Å². The van der Waals surface area contributed by atoms with E-state index in [1.54, 1.807) is 41.3 Å². The number of aryl methyl sites for hydroxylation is 1. The number of hydrogen-bond donors (Lipinski definition) is 2. The number of nitrogens with zero attached hydrogens (tertiary/aromatic N) is 3. The maximum absolute atomic E-state index is 13.1. The molecule has 0 radical (unpaired) electrons. The lowest BCUT2D eigenvalue weighted by atomic mass is 9.90. The lowest BCUT2D eigenvalue weighted by Gasteiger charge is -2.17. The zero-order chi connectivity index (χ0) is 20.4. The smallest absolute Gasteiger partial charge is 0.274 e. The standard InChI is InChI=1S/C21H22FN5O2.ClH/c1-26-13-15(9-24-26)17-10-23-11-18(17)20(28)25-19-3-2-8-27(21(19)29)12-14-4-6-16(22)7-5-14;/h2-9,13,17-18,23H,10-12H2,1H3,(H,25,28);1H/t17-,18+;/m1./s1. The summed E-state index contributed by atoms with van der Waals surface area (Å²) in [6, 6.07) is 9.30. The summed E-state index contributed by atoms with van der Waals surface area (Å²) >= 11 is 0. The van der Waals surface area contributed by atoms with Gasteiger partial charge in [-0.05, 0) is 35.4 Å². The Balaban J connectivity index is 0.00000256. The fourth-order valence-electron chi connectivity index (χ4n) is 3.70. The SMILES string of the molecule is Cl.Cn1cc([C@H]2CNC[C@@H]2C(=O)Nc2cccn(Cc3ccc(F)cc3)c2=O)cn1. The third-order valence-electron chi connectivity index (χ3n) is 5.25. The van der Waals surface area contributed by atoms with Gasteiger partial charge in [-0.3, -0.25) is 14.3 Å². The van der Waals surface area contributed by atoms with E-state index in [2.05, 4.69) is 15.7 Å². The fraction of sp³-hybridized carbons (Fsp3) is 0.286. The molecule has 9 heteroatoms. The van der Waals surface area contributed by atoms with Gasteiger partial charge >= 0.3 is 0 Å². The van der Waals surface area contributed by atoms with Crippen molar-refractivity contribution in [2.45, 2.75) is 12.5 Å². The maximum atomic E-state index is 13.1. The van der Waals surface area contributed by atoms with E-state index in [0.29, 0.717) is 19.6 Å². The molecule has 0 bridgehead atoms. The average Bonchev–Trinajstić information content (AvgIpc) is 3.35. The summed E-state index contributed by atoms with van der Waals surface area (Å²) in [5.41, 5.74) is 1.73. The van der Waals surface area contributed by atoms with Crippen LogP contribution in [0.25, 0.3) is 0 Å². The number of nitrogens with one attached hydrogen (secondary N) is 2. The summed E-state index contributed by atoms with van der Waals surface area (Å²) in [7, 11) is 1.84. The molecule has 0 saturated carbocycles. The van der Waals surface area contributed by atoms with Gasteiger partial charge in [-0.1, -0.05) is 12.1 Å². The van der Waals surface area contributed by atoms with Crippen LogP contribution in [0, 0.1) is 11.7 Å². The van der Waals surface area contributed by atoms with Crippen LogP contribution < -0.4 is 16.2 Å². The first-order valence-corrected chi connectivity index (χ1v) is 9.45. The lowest BCUT2D eigenvalue weighted by molar-refractivity contribution is -0.119. The van der Waals surface area contributed by atoms with Crippen LogP contribution in [0.1, 0.15) is 17.0 Å². The molecule has 30 heavy (non-hydrogen) atoms. The molecule has 0 aliphatic carbocycles. The van der Waals surface area contributed by atoms with Gasteiger partial charge in [0, 0.05) is 38.4 Å². The zero-order valence-corrected chi connectivity index (χ0v) is 17.2. The summed E-state index contributed by atoms with van der Waals surface area (Å²) in [6.07, 6.45) is 5.34. The van der Waals surface area contributed by atoms with Crippen LogP contribution in [-0.4, -0.2) is 33.3 Å². The van der Waals surface area contributed by atoms with Crippen molar-refractivity contribution in [3.8, 4) is 0 Å². The first-order chi connectivity index (χ1) is 14.0. The Kier molecular flexibility index (Phi) is 6.69. The van der Waals surface area contributed by atoms with Crippen molar-refractivity contribution in [3.05, 3.63) is 82.3 Å². The monoisotopic (exact) mass is 431 g/mol. The number of amides is 1. The van der Waals surface area contributed by atoms with Crippen LogP contribution in [-0.2, 0) is 18.4 Å². The van der Waals surface area contributed by atoms with Gasteiger partial charge in [0.05, 0.1) is 18.7 Å². The second-order valence-corrected chi connectivity index (χ2v) is 7.29. The Hall–Kier alpha value is -2.97. The molecule has 2 atom stereocenters. The van der Waals surface area contributed by atoms with Gasteiger partial charge in [0.2, 0.25) is 5.91 Å². The molecule has 4 rings (SSSR count). The molecule has 3 heterocycles. The predicted octanol–water partition coefficient (Wildman–Crippen LogP) is 2.13. The number of halogens is 2. The van der Waals surface area contributed by atoms with Gasteiger partial charge in [0.25, 0.3) is 5.56 Å². The summed E-state index contributed by atoms with van der Waals surface area (Å²) in [5, 5.41) is 10.2. The number of carbonyl (C=O) groups is 1. The molecule has 0 unspecified atom stereocenters. The van der Waals surface area contributed by atoms with Gasteiger partial charge in [-0.15, -0.1) is 12.4 Å². The summed E-state index contributed by atoms with van der Waals surface area (Å²) in [5.74, 6) is -0.797. The number of hydrogen-bond acceptors (Lipinski definition) is 4. The molecule has 1 aliphatic rings. The van der Waals surface area contributed by atoms with E-state index in [4.69, 9.17) is 0 Å². The Morgan fingerprint density at radius 3 is 2.73 bits per heavy atom. The largest absolute Gasteiger partial charge is 0.321 e. The topological polar surface area (TPSA) is 81.0 Å². The van der Waals surface area contributed by atoms with Gasteiger partial charge in [0.1, 0.15) is 11.5 Å². The van der Waals surface area contributed by atoms with Crippen molar-refractivity contribution in [2.75, 3.05) is 18.4 Å². The number of pyridine rings is 1. The van der Waals surface area contributed by atoms with Crippen LogP contribution in [0.3, 0.4) is 0 Å². The maximum Gasteiger partial charge on any atom is 0.274 e. The van der Waals surface area contributed by atoms with Crippen molar-refractivity contribution in [1.29, 1.82) is 0 Å². The number of benzene rings is 1. The van der Waals surface area contributed by atoms with Crippen molar-refractivity contribution < 1.29 is 9.18 Å². The van der Waals surface area contributed by atoms with Crippen LogP contribution in [0.5, 0.6) is 0 Å². The predicted molar refractivity (Wildman–Crippen MR) is 114 cm³/mol. The van der Waals surface area contributed by atoms with Crippen molar-refractivity contribution in [1.82, 2.24) is 19.7 Å². The number of anilines is 1. The first-order valence-electron chi connectivity index (χ1n) is 9.45. The normalized spacial score (nSPS) is 18.1. The average molecular weight is 432 g/mol.